The van der Waals surface area contributed by atoms with Crippen molar-refractivity contribution in [1.82, 2.24) is 20.4 Å². The second kappa shape index (κ2) is 8.28. The van der Waals surface area contributed by atoms with Gasteiger partial charge in [-0.2, -0.15) is 5.10 Å². The molecule has 27 heavy (non-hydrogen) atoms. The predicted octanol–water partition coefficient (Wildman–Crippen LogP) is 3.05. The second-order valence-electron chi connectivity index (χ2n) is 7.33. The van der Waals surface area contributed by atoms with Gasteiger partial charge in [0.15, 0.2) is 5.69 Å². The van der Waals surface area contributed by atoms with Gasteiger partial charge >= 0.3 is 0 Å². The lowest BCUT2D eigenvalue weighted by Gasteiger charge is -2.14. The molecule has 5 nitrogen and oxygen atoms in total. The van der Waals surface area contributed by atoms with Gasteiger partial charge in [0.1, 0.15) is 0 Å². The maximum atomic E-state index is 12.8. The molecule has 1 aromatic heterocycles. The van der Waals surface area contributed by atoms with Crippen LogP contribution in [0.15, 0.2) is 29.8 Å². The Balaban J connectivity index is 0.00000210. The number of aryl methyl sites for hydroxylation is 2. The summed E-state index contributed by atoms with van der Waals surface area (Å²) < 4.78 is 2.00. The van der Waals surface area contributed by atoms with Crippen LogP contribution in [0.2, 0.25) is 0 Å². The van der Waals surface area contributed by atoms with E-state index >= 15 is 0 Å². The molecule has 0 radical (unpaired) electrons. The van der Waals surface area contributed by atoms with Crippen molar-refractivity contribution in [3.05, 3.63) is 57.9 Å². The topological polar surface area (TPSA) is 59.0 Å². The highest BCUT2D eigenvalue weighted by Gasteiger charge is 2.27. The lowest BCUT2D eigenvalue weighted by Crippen LogP contribution is -2.30. The number of fused-ring (bicyclic) bond motifs is 1. The summed E-state index contributed by atoms with van der Waals surface area (Å²) in [6, 6.07) is 6.38. The van der Waals surface area contributed by atoms with Gasteiger partial charge in [0, 0.05) is 24.3 Å². The number of nitrogens with one attached hydrogen (secondary N) is 2. The molecular weight excluding hydrogens is 360 g/mol. The first-order valence-corrected chi connectivity index (χ1v) is 9.48. The number of rotatable bonds is 4. The van der Waals surface area contributed by atoms with Crippen molar-refractivity contribution in [3.63, 3.8) is 0 Å². The first-order chi connectivity index (χ1) is 12.6. The van der Waals surface area contributed by atoms with E-state index in [9.17, 15) is 4.79 Å². The maximum absolute atomic E-state index is 12.8. The lowest BCUT2D eigenvalue weighted by atomic mass is 10.1. The Labute approximate surface area is 166 Å². The average molecular weight is 387 g/mol. The zero-order chi connectivity index (χ0) is 18.1. The van der Waals surface area contributed by atoms with Crippen LogP contribution in [0.1, 0.15) is 45.7 Å². The number of benzene rings is 1. The summed E-state index contributed by atoms with van der Waals surface area (Å²) in [4.78, 5) is 12.8. The maximum Gasteiger partial charge on any atom is 0.272 e. The van der Waals surface area contributed by atoms with Gasteiger partial charge in [0.05, 0.1) is 5.69 Å². The zero-order valence-corrected chi connectivity index (χ0v) is 16.8. The van der Waals surface area contributed by atoms with Crippen LogP contribution < -0.4 is 10.6 Å². The molecule has 0 spiro atoms. The Hall–Kier alpha value is -2.11. The molecule has 0 saturated heterocycles. The van der Waals surface area contributed by atoms with E-state index in [1.54, 1.807) is 0 Å². The third-order valence-corrected chi connectivity index (χ3v) is 5.36. The fourth-order valence-electron chi connectivity index (χ4n) is 3.97. The van der Waals surface area contributed by atoms with E-state index < -0.39 is 0 Å². The number of hydrogen-bond donors (Lipinski definition) is 2. The van der Waals surface area contributed by atoms with Crippen LogP contribution in [0.5, 0.6) is 0 Å². The Kier molecular flexibility index (Phi) is 6.02. The van der Waals surface area contributed by atoms with Crippen LogP contribution in [0.25, 0.3) is 5.69 Å². The van der Waals surface area contributed by atoms with Crippen LogP contribution in [0.3, 0.4) is 0 Å². The normalized spacial score (nSPS) is 15.7. The van der Waals surface area contributed by atoms with Crippen molar-refractivity contribution < 1.29 is 4.79 Å². The summed E-state index contributed by atoms with van der Waals surface area (Å²) in [5.74, 6) is -0.0499. The fraction of sp³-hybridized carbons (Fsp3) is 0.429. The van der Waals surface area contributed by atoms with Crippen molar-refractivity contribution >= 4 is 18.3 Å². The van der Waals surface area contributed by atoms with Crippen LogP contribution in [0, 0.1) is 13.8 Å². The van der Waals surface area contributed by atoms with Crippen molar-refractivity contribution in [2.24, 2.45) is 0 Å². The van der Waals surface area contributed by atoms with Crippen LogP contribution in [-0.2, 0) is 12.8 Å². The van der Waals surface area contributed by atoms with Crippen LogP contribution in [-0.4, -0.2) is 35.3 Å². The Morgan fingerprint density at radius 2 is 2.11 bits per heavy atom. The van der Waals surface area contributed by atoms with Crippen LogP contribution in [0.4, 0.5) is 0 Å². The van der Waals surface area contributed by atoms with E-state index in [4.69, 9.17) is 5.10 Å². The van der Waals surface area contributed by atoms with E-state index in [0.717, 1.165) is 50.0 Å². The standard InChI is InChI=1S/C21H26N4O.ClH/c1-14-6-7-18(15(2)12-14)25-19-5-3-4-17(19)20(24-25)21(26)23-13-16-8-10-22-11-9-16;/h6-8,12,22H,3-5,9-11,13H2,1-2H3,(H,23,26);1H. The van der Waals surface area contributed by atoms with E-state index in [2.05, 4.69) is 48.8 Å². The average Bonchev–Trinajstić information content (AvgIpc) is 3.24. The van der Waals surface area contributed by atoms with E-state index in [-0.39, 0.29) is 18.3 Å². The van der Waals surface area contributed by atoms with Crippen molar-refractivity contribution in [3.8, 4) is 5.69 Å². The predicted molar refractivity (Wildman–Crippen MR) is 110 cm³/mol. The minimum atomic E-state index is -0.0499. The molecule has 2 N–H and O–H groups in total. The zero-order valence-electron chi connectivity index (χ0n) is 16.0. The number of hydrogen-bond acceptors (Lipinski definition) is 3. The number of nitrogens with zero attached hydrogens (tertiary/aromatic N) is 2. The van der Waals surface area contributed by atoms with Crippen molar-refractivity contribution in [2.45, 2.75) is 39.5 Å². The number of carbonyl (C=O) groups is 1. The lowest BCUT2D eigenvalue weighted by molar-refractivity contribution is 0.0950. The highest BCUT2D eigenvalue weighted by molar-refractivity contribution is 5.94. The van der Waals surface area contributed by atoms with E-state index in [0.29, 0.717) is 12.2 Å². The minimum Gasteiger partial charge on any atom is -0.347 e. The SMILES string of the molecule is Cc1ccc(-n2nc(C(=O)NCC3=CCNCC3)c3c2CCC3)c(C)c1.Cl. The molecule has 2 heterocycles. The van der Waals surface area contributed by atoms with Gasteiger partial charge in [-0.3, -0.25) is 4.79 Å². The molecule has 1 aromatic carbocycles. The fourth-order valence-corrected chi connectivity index (χ4v) is 3.97. The van der Waals surface area contributed by atoms with Crippen LogP contribution >= 0.6 is 12.4 Å². The summed E-state index contributed by atoms with van der Waals surface area (Å²) in [6.45, 7) is 6.69. The largest absolute Gasteiger partial charge is 0.347 e. The molecule has 0 bridgehead atoms. The summed E-state index contributed by atoms with van der Waals surface area (Å²) in [5.41, 5.74) is 7.73. The number of halogens is 1. The van der Waals surface area contributed by atoms with Gasteiger partial charge in [-0.1, -0.05) is 29.3 Å². The van der Waals surface area contributed by atoms with E-state index in [1.165, 1.54) is 22.4 Å². The van der Waals surface area contributed by atoms with Gasteiger partial charge in [-0.15, -0.1) is 12.4 Å². The number of carbonyl (C=O) groups excluding carboxylic acids is 1. The third kappa shape index (κ3) is 3.94. The first-order valence-electron chi connectivity index (χ1n) is 9.48. The highest BCUT2D eigenvalue weighted by Crippen LogP contribution is 2.29. The number of aromatic nitrogens is 2. The van der Waals surface area contributed by atoms with Crippen molar-refractivity contribution in [2.75, 3.05) is 19.6 Å². The smallest absolute Gasteiger partial charge is 0.272 e. The Bertz CT molecular complexity index is 885. The summed E-state index contributed by atoms with van der Waals surface area (Å²) in [7, 11) is 0. The molecule has 6 heteroatoms. The first kappa shape index (κ1) is 19.6. The summed E-state index contributed by atoms with van der Waals surface area (Å²) >= 11 is 0. The molecule has 0 saturated carbocycles. The van der Waals surface area contributed by atoms with Gasteiger partial charge < -0.3 is 10.6 Å². The molecule has 1 aliphatic heterocycles. The minimum absolute atomic E-state index is 0. The Morgan fingerprint density at radius 1 is 1.26 bits per heavy atom. The van der Waals surface area contributed by atoms with E-state index in [1.807, 2.05) is 4.68 Å². The second-order valence-corrected chi connectivity index (χ2v) is 7.33. The molecular formula is C21H27ClN4O. The molecule has 4 rings (SSSR count). The molecule has 1 amide bonds. The molecule has 2 aromatic rings. The number of amides is 1. The van der Waals surface area contributed by atoms with Gasteiger partial charge in [0.25, 0.3) is 5.91 Å². The van der Waals surface area contributed by atoms with Gasteiger partial charge in [-0.05, 0) is 57.7 Å². The summed E-state index contributed by atoms with van der Waals surface area (Å²) in [5, 5.41) is 11.1. The Morgan fingerprint density at radius 3 is 2.85 bits per heavy atom. The molecule has 0 unspecified atom stereocenters. The molecule has 0 atom stereocenters. The summed E-state index contributed by atoms with van der Waals surface area (Å²) in [6.07, 6.45) is 6.18. The molecule has 1 aliphatic carbocycles. The molecule has 144 valence electrons. The monoisotopic (exact) mass is 386 g/mol. The molecule has 0 fully saturated rings. The van der Waals surface area contributed by atoms with Gasteiger partial charge in [-0.25, -0.2) is 4.68 Å². The quantitative estimate of drug-likeness (QED) is 0.794. The van der Waals surface area contributed by atoms with Crippen molar-refractivity contribution in [1.29, 1.82) is 0 Å². The van der Waals surface area contributed by atoms with Gasteiger partial charge in [0.2, 0.25) is 0 Å². The molecule has 2 aliphatic rings. The third-order valence-electron chi connectivity index (χ3n) is 5.36. The highest BCUT2D eigenvalue weighted by atomic mass is 35.5.